The third-order valence-corrected chi connectivity index (χ3v) is 10.7. The zero-order chi connectivity index (χ0) is 23.0. The van der Waals surface area contributed by atoms with Gasteiger partial charge in [-0.15, -0.1) is 0 Å². The predicted octanol–water partition coefficient (Wildman–Crippen LogP) is 4.43. The lowest BCUT2D eigenvalue weighted by Crippen LogP contribution is -3.01. The van der Waals surface area contributed by atoms with Gasteiger partial charge in [0.15, 0.2) is 0 Å². The van der Waals surface area contributed by atoms with Crippen molar-refractivity contribution >= 4 is 30.3 Å². The second-order valence-electron chi connectivity index (χ2n) is 8.86. The maximum Gasteiger partial charge on any atom is 0.141 e. The van der Waals surface area contributed by atoms with Gasteiger partial charge in [-0.1, -0.05) is 79.7 Å². The molecule has 2 aliphatic rings. The van der Waals surface area contributed by atoms with E-state index in [4.69, 9.17) is 4.74 Å². The lowest BCUT2D eigenvalue weighted by molar-refractivity contribution is -0.826. The predicted molar refractivity (Wildman–Crippen MR) is 145 cm³/mol. The Hall–Kier alpha value is -1.42. The highest BCUT2D eigenvalue weighted by Crippen LogP contribution is 2.49. The number of thioether (sulfide) groups is 1. The summed E-state index contributed by atoms with van der Waals surface area (Å²) in [5.41, 5.74) is 4.13. The number of nitrogens with two attached hydrogens (primary N) is 1. The summed E-state index contributed by atoms with van der Waals surface area (Å²) in [5, 5.41) is 7.69. The average molecular weight is 482 g/mol. The lowest BCUT2D eigenvalue weighted by Gasteiger charge is -2.32. The van der Waals surface area contributed by atoms with E-state index in [-0.39, 0.29) is 0 Å². The molecule has 0 saturated carbocycles. The van der Waals surface area contributed by atoms with Gasteiger partial charge in [0, 0.05) is 19.2 Å². The first-order valence-corrected chi connectivity index (χ1v) is 14.8. The first kappa shape index (κ1) is 24.7. The van der Waals surface area contributed by atoms with E-state index in [2.05, 4.69) is 96.4 Å². The highest BCUT2D eigenvalue weighted by molar-refractivity contribution is 7.99. The molecular formula is C28H38N2OPS+. The lowest BCUT2D eigenvalue weighted by atomic mass is 10.0. The Morgan fingerprint density at radius 1 is 1.09 bits per heavy atom. The second kappa shape index (κ2) is 12.3. The Morgan fingerprint density at radius 2 is 1.76 bits per heavy atom. The van der Waals surface area contributed by atoms with Crippen molar-refractivity contribution in [2.24, 2.45) is 0 Å². The van der Waals surface area contributed by atoms with E-state index in [9.17, 15) is 0 Å². The van der Waals surface area contributed by atoms with Crippen LogP contribution < -0.4 is 16.0 Å². The summed E-state index contributed by atoms with van der Waals surface area (Å²) in [6.45, 7) is 4.31. The molecule has 3 nitrogen and oxygen atoms in total. The summed E-state index contributed by atoms with van der Waals surface area (Å²) in [6.07, 6.45) is 11.8. The van der Waals surface area contributed by atoms with Crippen LogP contribution in [0.5, 0.6) is 0 Å². The van der Waals surface area contributed by atoms with Crippen molar-refractivity contribution in [1.29, 1.82) is 0 Å². The zero-order valence-electron chi connectivity index (χ0n) is 20.2. The molecule has 0 bridgehead atoms. The van der Waals surface area contributed by atoms with Crippen LogP contribution in [0.15, 0.2) is 83.7 Å². The SMILES string of the molecule is CCC(SC)C([NH2+]N1CCCC1COC)C1=C(P(c2ccccc2)c2ccccc2)CC=C1. The van der Waals surface area contributed by atoms with Crippen molar-refractivity contribution in [1.82, 2.24) is 5.01 Å². The normalized spacial score (nSPS) is 20.7. The van der Waals surface area contributed by atoms with Crippen molar-refractivity contribution in [3.63, 3.8) is 0 Å². The first-order valence-electron chi connectivity index (χ1n) is 12.2. The van der Waals surface area contributed by atoms with Gasteiger partial charge >= 0.3 is 0 Å². The van der Waals surface area contributed by atoms with Gasteiger partial charge in [0.25, 0.3) is 0 Å². The molecule has 3 atom stereocenters. The summed E-state index contributed by atoms with van der Waals surface area (Å²) in [6, 6.07) is 23.2. The van der Waals surface area contributed by atoms with E-state index in [1.165, 1.54) is 29.9 Å². The van der Waals surface area contributed by atoms with Crippen LogP contribution in [0.2, 0.25) is 0 Å². The minimum atomic E-state index is -0.550. The molecule has 33 heavy (non-hydrogen) atoms. The monoisotopic (exact) mass is 481 g/mol. The molecule has 1 fully saturated rings. The third kappa shape index (κ3) is 5.81. The van der Waals surface area contributed by atoms with E-state index in [1.807, 2.05) is 18.9 Å². The van der Waals surface area contributed by atoms with Crippen LogP contribution in [0, 0.1) is 0 Å². The van der Waals surface area contributed by atoms with Crippen molar-refractivity contribution in [3.05, 3.63) is 83.7 Å². The quantitative estimate of drug-likeness (QED) is 0.380. The Morgan fingerprint density at radius 3 is 2.33 bits per heavy atom. The van der Waals surface area contributed by atoms with Gasteiger partial charge in [-0.3, -0.25) is 5.43 Å². The standard InChI is InChI=1S/C28H37N2OPS/c1-4-27(33-3)28(29-30-20-12-13-22(30)21-31-2)25-18-11-19-26(25)32(23-14-7-5-8-15-23)24-16-9-6-10-17-24/h5-11,14-18,22,27-29H,4,12-13,19-21H2,1-3H3/p+1. The molecule has 0 amide bonds. The molecule has 1 aliphatic heterocycles. The number of benzene rings is 2. The molecule has 0 spiro atoms. The molecule has 1 saturated heterocycles. The zero-order valence-corrected chi connectivity index (χ0v) is 21.9. The topological polar surface area (TPSA) is 29.1 Å². The first-order chi connectivity index (χ1) is 16.3. The van der Waals surface area contributed by atoms with Crippen molar-refractivity contribution in [2.45, 2.75) is 49.9 Å². The van der Waals surface area contributed by atoms with Gasteiger partial charge in [0.05, 0.1) is 17.9 Å². The van der Waals surface area contributed by atoms with Crippen LogP contribution in [-0.4, -0.2) is 48.9 Å². The highest BCUT2D eigenvalue weighted by atomic mass is 32.2. The number of ether oxygens (including phenoxy) is 1. The van der Waals surface area contributed by atoms with Crippen molar-refractivity contribution in [3.8, 4) is 0 Å². The molecule has 4 rings (SSSR count). The number of allylic oxidation sites excluding steroid dienone is 2. The molecule has 2 aromatic rings. The van der Waals surface area contributed by atoms with Gasteiger partial charge in [-0.25, -0.2) is 0 Å². The van der Waals surface area contributed by atoms with Gasteiger partial charge in [-0.2, -0.15) is 16.8 Å². The molecule has 5 heteroatoms. The van der Waals surface area contributed by atoms with Gasteiger partial charge in [0.2, 0.25) is 0 Å². The Balaban J connectivity index is 1.75. The molecular weight excluding hydrogens is 443 g/mol. The van der Waals surface area contributed by atoms with Crippen LogP contribution in [-0.2, 0) is 4.74 Å². The number of hydrogen-bond acceptors (Lipinski definition) is 3. The summed E-state index contributed by atoms with van der Waals surface area (Å²) in [5.74, 6) is 0. The molecule has 0 radical (unpaired) electrons. The number of methoxy groups -OCH3 is 1. The highest BCUT2D eigenvalue weighted by Gasteiger charge is 2.37. The van der Waals surface area contributed by atoms with Crippen molar-refractivity contribution in [2.75, 3.05) is 26.5 Å². The van der Waals surface area contributed by atoms with Crippen LogP contribution in [0.25, 0.3) is 0 Å². The largest absolute Gasteiger partial charge is 0.383 e. The van der Waals surface area contributed by atoms with Crippen LogP contribution in [0.4, 0.5) is 0 Å². The fourth-order valence-electron chi connectivity index (χ4n) is 5.23. The molecule has 0 aromatic heterocycles. The van der Waals surface area contributed by atoms with Crippen LogP contribution in [0.1, 0.15) is 32.6 Å². The minimum absolute atomic E-state index is 0.425. The third-order valence-electron chi connectivity index (χ3n) is 6.84. The van der Waals surface area contributed by atoms with Gasteiger partial charge in [-0.05, 0) is 55.8 Å². The molecule has 1 aliphatic carbocycles. The Labute approximate surface area is 205 Å². The fraction of sp³-hybridized carbons (Fsp3) is 0.429. The van der Waals surface area contributed by atoms with E-state index in [0.29, 0.717) is 17.3 Å². The number of quaternary nitrogens is 1. The summed E-state index contributed by atoms with van der Waals surface area (Å²) < 4.78 is 5.56. The van der Waals surface area contributed by atoms with E-state index < -0.39 is 7.92 Å². The average Bonchev–Trinajstić information content (AvgIpc) is 3.51. The summed E-state index contributed by atoms with van der Waals surface area (Å²) >= 11 is 2.02. The van der Waals surface area contributed by atoms with E-state index >= 15 is 0 Å². The van der Waals surface area contributed by atoms with Crippen molar-refractivity contribution < 1.29 is 10.2 Å². The molecule has 1 heterocycles. The molecule has 2 aromatic carbocycles. The molecule has 176 valence electrons. The molecule has 2 N–H and O–H groups in total. The smallest absolute Gasteiger partial charge is 0.141 e. The maximum absolute atomic E-state index is 5.56. The number of hydrogen-bond donors (Lipinski definition) is 1. The van der Waals surface area contributed by atoms with Crippen LogP contribution >= 0.6 is 19.7 Å². The number of rotatable bonds is 11. The van der Waals surface area contributed by atoms with Crippen LogP contribution in [0.3, 0.4) is 0 Å². The van der Waals surface area contributed by atoms with E-state index in [1.54, 1.807) is 10.9 Å². The van der Waals surface area contributed by atoms with Gasteiger partial charge in [0.1, 0.15) is 6.04 Å². The fourth-order valence-corrected chi connectivity index (χ4v) is 8.70. The minimum Gasteiger partial charge on any atom is -0.383 e. The summed E-state index contributed by atoms with van der Waals surface area (Å²) in [7, 11) is 1.28. The van der Waals surface area contributed by atoms with E-state index in [0.717, 1.165) is 19.6 Å². The Kier molecular flexibility index (Phi) is 9.23. The summed E-state index contributed by atoms with van der Waals surface area (Å²) in [4.78, 5) is 0. The Bertz CT molecular complexity index is 890. The van der Waals surface area contributed by atoms with Gasteiger partial charge < -0.3 is 4.74 Å². The maximum atomic E-state index is 5.56. The number of nitrogens with zero attached hydrogens (tertiary/aromatic N) is 1. The molecule has 3 unspecified atom stereocenters. The second-order valence-corrected chi connectivity index (χ2v) is 12.2.